The molecular formula is C26H38N6O5S. The van der Waals surface area contributed by atoms with Gasteiger partial charge in [-0.2, -0.15) is 4.31 Å². The number of sulfonamides is 1. The Hall–Kier alpha value is -2.80. The topological polar surface area (TPSA) is 174 Å². The number of benzene rings is 1. The SMILES string of the molecule is C[C@@H]1CCN(S(=O)(=O)c2ccc3c(c2)CN(C)CC3)[C@](C(=O)O)(C(=O)C(N)CC2=CCCN(C(=N)N)C2)C1. The Labute approximate surface area is 224 Å². The van der Waals surface area contributed by atoms with Gasteiger partial charge in [-0.3, -0.25) is 10.2 Å². The summed E-state index contributed by atoms with van der Waals surface area (Å²) in [6.45, 7) is 4.09. The maximum absolute atomic E-state index is 14.0. The number of piperidine rings is 1. The van der Waals surface area contributed by atoms with E-state index in [0.717, 1.165) is 34.0 Å². The minimum absolute atomic E-state index is 0.0137. The molecule has 6 N–H and O–H groups in total. The number of Topliss-reactive ketones (excluding diaryl/α,β-unsaturated/α-hetero) is 1. The molecule has 3 heterocycles. The number of fused-ring (bicyclic) bond motifs is 1. The van der Waals surface area contributed by atoms with Crippen molar-refractivity contribution in [3.05, 3.63) is 41.0 Å². The van der Waals surface area contributed by atoms with Crippen molar-refractivity contribution in [3.8, 4) is 0 Å². The van der Waals surface area contributed by atoms with E-state index in [4.69, 9.17) is 16.9 Å². The summed E-state index contributed by atoms with van der Waals surface area (Å²) in [5.41, 5.74) is 12.4. The molecule has 0 aliphatic carbocycles. The van der Waals surface area contributed by atoms with Crippen LogP contribution in [-0.4, -0.2) is 90.1 Å². The molecule has 1 aromatic carbocycles. The largest absolute Gasteiger partial charge is 0.480 e. The second-order valence-corrected chi connectivity index (χ2v) is 12.8. The maximum atomic E-state index is 14.0. The second-order valence-electron chi connectivity index (χ2n) is 10.9. The Morgan fingerprint density at radius 1 is 1.21 bits per heavy atom. The van der Waals surface area contributed by atoms with Crippen molar-refractivity contribution in [1.29, 1.82) is 5.41 Å². The van der Waals surface area contributed by atoms with Crippen LogP contribution in [0, 0.1) is 11.3 Å². The molecule has 0 saturated carbocycles. The van der Waals surface area contributed by atoms with Gasteiger partial charge in [0.25, 0.3) is 0 Å². The molecule has 11 nitrogen and oxygen atoms in total. The van der Waals surface area contributed by atoms with Crippen LogP contribution >= 0.6 is 0 Å². The van der Waals surface area contributed by atoms with Crippen LogP contribution in [0.2, 0.25) is 0 Å². The third kappa shape index (κ3) is 5.22. The summed E-state index contributed by atoms with van der Waals surface area (Å²) in [5.74, 6) is -2.60. The number of aliphatic carboxylic acids is 1. The Balaban J connectivity index is 1.68. The summed E-state index contributed by atoms with van der Waals surface area (Å²) in [6.07, 6.45) is 3.68. The number of carbonyl (C=O) groups is 2. The lowest BCUT2D eigenvalue weighted by Crippen LogP contribution is -2.68. The van der Waals surface area contributed by atoms with E-state index < -0.39 is 33.4 Å². The molecule has 4 rings (SSSR count). The van der Waals surface area contributed by atoms with Gasteiger partial charge in [0, 0.05) is 32.7 Å². The Morgan fingerprint density at radius 3 is 2.63 bits per heavy atom. The number of hydrogen-bond donors (Lipinski definition) is 4. The minimum atomic E-state index is -4.33. The molecule has 0 spiro atoms. The molecule has 0 radical (unpaired) electrons. The molecule has 1 unspecified atom stereocenters. The highest BCUT2D eigenvalue weighted by Crippen LogP contribution is 2.39. The minimum Gasteiger partial charge on any atom is -0.480 e. The number of carboxylic acid groups (broad SMARTS) is 1. The fourth-order valence-electron chi connectivity index (χ4n) is 5.90. The fraction of sp³-hybridized carbons (Fsp3) is 0.577. The summed E-state index contributed by atoms with van der Waals surface area (Å²) in [4.78, 5) is 30.6. The predicted molar refractivity (Wildman–Crippen MR) is 143 cm³/mol. The highest BCUT2D eigenvalue weighted by molar-refractivity contribution is 7.89. The lowest BCUT2D eigenvalue weighted by Gasteiger charge is -2.45. The molecule has 38 heavy (non-hydrogen) atoms. The molecule has 1 saturated heterocycles. The standard InChI is InChI=1S/C26H38N6O5S/c1-17-7-11-32(38(36,37)21-6-5-19-8-10-30(2)16-20(19)13-21)26(14-17,24(34)35)23(33)22(27)12-18-4-3-9-31(15-18)25(28)29/h4-6,13,17,22H,3,7-12,14-16,27H2,1-2H3,(H3,28,29)(H,34,35)/t17-,22?,26+/m1/s1. The zero-order valence-corrected chi connectivity index (χ0v) is 22.8. The number of carboxylic acids is 1. The van der Waals surface area contributed by atoms with E-state index in [1.807, 2.05) is 20.0 Å². The highest BCUT2D eigenvalue weighted by atomic mass is 32.2. The Kier molecular flexibility index (Phi) is 7.99. The van der Waals surface area contributed by atoms with Crippen LogP contribution in [0.25, 0.3) is 0 Å². The molecule has 0 bridgehead atoms. The number of guanidine groups is 1. The summed E-state index contributed by atoms with van der Waals surface area (Å²) in [5, 5.41) is 18.2. The number of nitrogens with zero attached hydrogens (tertiary/aromatic N) is 3. The lowest BCUT2D eigenvalue weighted by molar-refractivity contribution is -0.158. The molecule has 12 heteroatoms. The van der Waals surface area contributed by atoms with Crippen molar-refractivity contribution >= 4 is 27.7 Å². The summed E-state index contributed by atoms with van der Waals surface area (Å²) in [7, 11) is -2.37. The van der Waals surface area contributed by atoms with Crippen LogP contribution in [0.3, 0.4) is 0 Å². The van der Waals surface area contributed by atoms with Crippen LogP contribution in [0.4, 0.5) is 0 Å². The molecule has 1 aromatic rings. The highest BCUT2D eigenvalue weighted by Gasteiger charge is 2.59. The van der Waals surface area contributed by atoms with Crippen molar-refractivity contribution in [2.24, 2.45) is 17.4 Å². The quantitative estimate of drug-likeness (QED) is 0.166. The normalized spacial score (nSPS) is 25.8. The van der Waals surface area contributed by atoms with Gasteiger partial charge >= 0.3 is 5.97 Å². The van der Waals surface area contributed by atoms with E-state index in [2.05, 4.69) is 4.90 Å². The van der Waals surface area contributed by atoms with Crippen LogP contribution in [0.1, 0.15) is 43.7 Å². The van der Waals surface area contributed by atoms with E-state index in [9.17, 15) is 23.1 Å². The van der Waals surface area contributed by atoms with Gasteiger partial charge in [0.15, 0.2) is 17.3 Å². The van der Waals surface area contributed by atoms with E-state index in [-0.39, 0.29) is 36.2 Å². The Morgan fingerprint density at radius 2 is 1.95 bits per heavy atom. The zero-order valence-electron chi connectivity index (χ0n) is 22.0. The van der Waals surface area contributed by atoms with Gasteiger partial charge in [-0.15, -0.1) is 0 Å². The van der Waals surface area contributed by atoms with Crippen molar-refractivity contribution < 1.29 is 23.1 Å². The number of nitrogens with one attached hydrogen (secondary N) is 1. The van der Waals surface area contributed by atoms with Crippen molar-refractivity contribution in [2.45, 2.75) is 62.0 Å². The average molecular weight is 547 g/mol. The zero-order chi connectivity index (χ0) is 27.8. The number of hydrogen-bond acceptors (Lipinski definition) is 7. The lowest BCUT2D eigenvalue weighted by atomic mass is 9.76. The first-order valence-corrected chi connectivity index (χ1v) is 14.4. The van der Waals surface area contributed by atoms with Gasteiger partial charge in [0.2, 0.25) is 10.0 Å². The van der Waals surface area contributed by atoms with Gasteiger partial charge in [0.05, 0.1) is 10.9 Å². The smallest absolute Gasteiger partial charge is 0.332 e. The number of rotatable bonds is 7. The number of likely N-dealkylation sites (N-methyl/N-ethyl adjacent to an activating group) is 1. The molecular weight excluding hydrogens is 508 g/mol. The maximum Gasteiger partial charge on any atom is 0.332 e. The average Bonchev–Trinajstić information content (AvgIpc) is 2.87. The second kappa shape index (κ2) is 10.8. The monoisotopic (exact) mass is 546 g/mol. The van der Waals surface area contributed by atoms with Crippen LogP contribution < -0.4 is 11.5 Å². The van der Waals surface area contributed by atoms with E-state index in [0.29, 0.717) is 32.5 Å². The van der Waals surface area contributed by atoms with Crippen molar-refractivity contribution in [1.82, 2.24) is 14.1 Å². The van der Waals surface area contributed by atoms with E-state index >= 15 is 0 Å². The third-order valence-electron chi connectivity index (χ3n) is 8.01. The van der Waals surface area contributed by atoms with Gasteiger partial charge < -0.3 is 26.4 Å². The van der Waals surface area contributed by atoms with Crippen LogP contribution in [-0.2, 0) is 32.6 Å². The van der Waals surface area contributed by atoms with Gasteiger partial charge in [-0.25, -0.2) is 13.2 Å². The predicted octanol–water partition coefficient (Wildman–Crippen LogP) is 0.731. The summed E-state index contributed by atoms with van der Waals surface area (Å²) < 4.78 is 28.9. The van der Waals surface area contributed by atoms with Crippen molar-refractivity contribution in [3.63, 3.8) is 0 Å². The molecule has 3 aliphatic heterocycles. The van der Waals surface area contributed by atoms with Gasteiger partial charge in [0.1, 0.15) is 0 Å². The molecule has 208 valence electrons. The first-order chi connectivity index (χ1) is 17.9. The molecule has 1 fully saturated rings. The summed E-state index contributed by atoms with van der Waals surface area (Å²) >= 11 is 0. The molecule has 3 atom stereocenters. The number of nitrogens with two attached hydrogens (primary N) is 2. The molecule has 3 aliphatic rings. The number of ketones is 1. The van der Waals surface area contributed by atoms with Gasteiger partial charge in [-0.1, -0.05) is 24.6 Å². The van der Waals surface area contributed by atoms with Crippen LogP contribution in [0.15, 0.2) is 34.7 Å². The number of carbonyl (C=O) groups excluding carboxylic acids is 1. The van der Waals surface area contributed by atoms with Gasteiger partial charge in [-0.05, 0) is 68.3 Å². The van der Waals surface area contributed by atoms with Crippen molar-refractivity contribution in [2.75, 3.05) is 33.2 Å². The Bertz CT molecular complexity index is 1260. The summed E-state index contributed by atoms with van der Waals surface area (Å²) in [6, 6.07) is 3.68. The molecule has 0 aromatic heterocycles. The van der Waals surface area contributed by atoms with Crippen LogP contribution in [0.5, 0.6) is 0 Å². The van der Waals surface area contributed by atoms with E-state index in [1.54, 1.807) is 17.0 Å². The third-order valence-corrected chi connectivity index (χ3v) is 9.93. The molecule has 0 amide bonds. The first-order valence-electron chi connectivity index (χ1n) is 13.0. The van der Waals surface area contributed by atoms with E-state index in [1.165, 1.54) is 6.07 Å². The first kappa shape index (κ1) is 28.2. The fourth-order valence-corrected chi connectivity index (χ4v) is 7.68.